The fraction of sp³-hybridized carbons (Fsp3) is 0.429. The Kier molecular flexibility index (Phi) is 4.70. The van der Waals surface area contributed by atoms with Gasteiger partial charge in [0.2, 0.25) is 11.8 Å². The van der Waals surface area contributed by atoms with Gasteiger partial charge in [0.1, 0.15) is 0 Å². The molecule has 6 heteroatoms. The van der Waals surface area contributed by atoms with Crippen LogP contribution in [0.2, 0.25) is 0 Å². The number of hydrogen-bond donors (Lipinski definition) is 3. The number of nitrogens with one attached hydrogen (secondary N) is 2. The molecule has 6 nitrogen and oxygen atoms in total. The maximum absolute atomic E-state index is 11.9. The molecule has 1 aliphatic heterocycles. The topological polar surface area (TPSA) is 87.5 Å². The van der Waals surface area contributed by atoms with Crippen molar-refractivity contribution in [3.8, 4) is 0 Å². The third-order valence-corrected chi connectivity index (χ3v) is 3.27. The van der Waals surface area contributed by atoms with Gasteiger partial charge in [-0.15, -0.1) is 0 Å². The van der Waals surface area contributed by atoms with Crippen LogP contribution < -0.4 is 16.4 Å². The van der Waals surface area contributed by atoms with E-state index in [4.69, 9.17) is 5.73 Å². The summed E-state index contributed by atoms with van der Waals surface area (Å²) in [6.45, 7) is 5.13. The average Bonchev–Trinajstić information content (AvgIpc) is 2.39. The molecule has 1 aromatic carbocycles. The van der Waals surface area contributed by atoms with Crippen LogP contribution in [-0.2, 0) is 4.79 Å². The summed E-state index contributed by atoms with van der Waals surface area (Å²) in [6, 6.07) is 6.97. The first-order valence-electron chi connectivity index (χ1n) is 6.70. The van der Waals surface area contributed by atoms with Crippen LogP contribution >= 0.6 is 0 Å². The predicted octanol–water partition coefficient (Wildman–Crippen LogP) is 0.0177. The molecule has 0 aromatic heterocycles. The second-order valence-corrected chi connectivity index (χ2v) is 5.08. The molecule has 2 rings (SSSR count). The van der Waals surface area contributed by atoms with E-state index in [2.05, 4.69) is 22.5 Å². The fourth-order valence-electron chi connectivity index (χ4n) is 2.28. The Bertz CT molecular complexity index is 486. The Morgan fingerprint density at radius 2 is 2.10 bits per heavy atom. The van der Waals surface area contributed by atoms with Crippen molar-refractivity contribution in [2.75, 3.05) is 31.5 Å². The molecule has 4 N–H and O–H groups in total. The molecule has 1 aromatic rings. The number of piperazine rings is 1. The molecule has 1 heterocycles. The Labute approximate surface area is 118 Å². The molecule has 0 unspecified atom stereocenters. The molecule has 2 amide bonds. The molecule has 1 fully saturated rings. The highest BCUT2D eigenvalue weighted by Crippen LogP contribution is 2.09. The van der Waals surface area contributed by atoms with E-state index in [0.717, 1.165) is 19.6 Å². The van der Waals surface area contributed by atoms with Crippen LogP contribution in [-0.4, -0.2) is 48.9 Å². The van der Waals surface area contributed by atoms with Crippen LogP contribution in [0.1, 0.15) is 17.3 Å². The smallest absolute Gasteiger partial charge is 0.248 e. The van der Waals surface area contributed by atoms with Gasteiger partial charge in [-0.1, -0.05) is 0 Å². The summed E-state index contributed by atoms with van der Waals surface area (Å²) in [7, 11) is 0. The summed E-state index contributed by atoms with van der Waals surface area (Å²) in [6.07, 6.45) is 0. The van der Waals surface area contributed by atoms with E-state index in [1.54, 1.807) is 24.3 Å². The van der Waals surface area contributed by atoms with Crippen molar-refractivity contribution in [1.29, 1.82) is 0 Å². The highest BCUT2D eigenvalue weighted by molar-refractivity contribution is 5.95. The number of benzene rings is 1. The van der Waals surface area contributed by atoms with Crippen LogP contribution in [0.15, 0.2) is 24.3 Å². The van der Waals surface area contributed by atoms with E-state index < -0.39 is 5.91 Å². The van der Waals surface area contributed by atoms with Crippen molar-refractivity contribution >= 4 is 17.5 Å². The van der Waals surface area contributed by atoms with Gasteiger partial charge in [-0.3, -0.25) is 14.5 Å². The van der Waals surface area contributed by atoms with Crippen molar-refractivity contribution < 1.29 is 9.59 Å². The van der Waals surface area contributed by atoms with Gasteiger partial charge in [0.05, 0.1) is 6.54 Å². The number of carbonyl (C=O) groups excluding carboxylic acids is 2. The largest absolute Gasteiger partial charge is 0.366 e. The minimum Gasteiger partial charge on any atom is -0.366 e. The van der Waals surface area contributed by atoms with Crippen molar-refractivity contribution in [2.24, 2.45) is 5.73 Å². The SMILES string of the molecule is C[C@H]1CN(CC(=O)Nc2ccc(C(N)=O)cc2)CCN1. The second kappa shape index (κ2) is 6.49. The quantitative estimate of drug-likeness (QED) is 0.723. The van der Waals surface area contributed by atoms with Crippen molar-refractivity contribution in [3.05, 3.63) is 29.8 Å². The maximum Gasteiger partial charge on any atom is 0.248 e. The van der Waals surface area contributed by atoms with Crippen LogP contribution in [0, 0.1) is 0 Å². The molecule has 1 aliphatic rings. The van der Waals surface area contributed by atoms with Gasteiger partial charge in [0, 0.05) is 36.9 Å². The van der Waals surface area contributed by atoms with Gasteiger partial charge in [-0.05, 0) is 31.2 Å². The summed E-state index contributed by atoms with van der Waals surface area (Å²) in [5, 5.41) is 6.15. The summed E-state index contributed by atoms with van der Waals surface area (Å²) >= 11 is 0. The number of amides is 2. The molecule has 1 atom stereocenters. The maximum atomic E-state index is 11.9. The zero-order valence-electron chi connectivity index (χ0n) is 11.6. The minimum atomic E-state index is -0.474. The highest BCUT2D eigenvalue weighted by Gasteiger charge is 2.17. The van der Waals surface area contributed by atoms with E-state index >= 15 is 0 Å². The first-order chi connectivity index (χ1) is 9.54. The fourth-order valence-corrected chi connectivity index (χ4v) is 2.28. The summed E-state index contributed by atoms with van der Waals surface area (Å²) in [4.78, 5) is 25.0. The average molecular weight is 276 g/mol. The van der Waals surface area contributed by atoms with Crippen LogP contribution in [0.5, 0.6) is 0 Å². The Morgan fingerprint density at radius 3 is 2.70 bits per heavy atom. The summed E-state index contributed by atoms with van der Waals surface area (Å²) in [5.74, 6) is -0.524. The number of anilines is 1. The van der Waals surface area contributed by atoms with Crippen molar-refractivity contribution in [3.63, 3.8) is 0 Å². The van der Waals surface area contributed by atoms with Gasteiger partial charge in [-0.25, -0.2) is 0 Å². The third kappa shape index (κ3) is 4.04. The molecule has 108 valence electrons. The molecule has 0 bridgehead atoms. The van der Waals surface area contributed by atoms with Crippen LogP contribution in [0.25, 0.3) is 0 Å². The van der Waals surface area contributed by atoms with Crippen molar-refractivity contribution in [2.45, 2.75) is 13.0 Å². The molecule has 1 saturated heterocycles. The van der Waals surface area contributed by atoms with E-state index in [9.17, 15) is 9.59 Å². The minimum absolute atomic E-state index is 0.0501. The lowest BCUT2D eigenvalue weighted by molar-refractivity contribution is -0.117. The zero-order chi connectivity index (χ0) is 14.5. The van der Waals surface area contributed by atoms with E-state index in [1.165, 1.54) is 0 Å². The lowest BCUT2D eigenvalue weighted by Crippen LogP contribution is -2.51. The van der Waals surface area contributed by atoms with E-state index in [1.807, 2.05) is 0 Å². The molecular weight excluding hydrogens is 256 g/mol. The number of nitrogens with two attached hydrogens (primary N) is 1. The number of rotatable bonds is 4. The van der Waals surface area contributed by atoms with Gasteiger partial charge in [-0.2, -0.15) is 0 Å². The van der Waals surface area contributed by atoms with Gasteiger partial charge in [0.15, 0.2) is 0 Å². The molecule has 0 radical (unpaired) electrons. The lowest BCUT2D eigenvalue weighted by atomic mass is 10.2. The molecule has 20 heavy (non-hydrogen) atoms. The predicted molar refractivity (Wildman–Crippen MR) is 77.5 cm³/mol. The first-order valence-corrected chi connectivity index (χ1v) is 6.70. The standard InChI is InChI=1S/C14H20N4O2/c1-10-8-18(7-6-16-10)9-13(19)17-12-4-2-11(3-5-12)14(15)20/h2-5,10,16H,6-9H2,1H3,(H2,15,20)(H,17,19)/t10-/m0/s1. The molecule has 0 saturated carbocycles. The first kappa shape index (κ1) is 14.5. The Balaban J connectivity index is 1.86. The second-order valence-electron chi connectivity index (χ2n) is 5.08. The number of nitrogens with zero attached hydrogens (tertiary/aromatic N) is 1. The van der Waals surface area contributed by atoms with Gasteiger partial charge in [0.25, 0.3) is 0 Å². The molecular formula is C14H20N4O2. The molecule has 0 aliphatic carbocycles. The number of primary amides is 1. The Hall–Kier alpha value is -1.92. The Morgan fingerprint density at radius 1 is 1.40 bits per heavy atom. The zero-order valence-corrected chi connectivity index (χ0v) is 11.6. The normalized spacial score (nSPS) is 19.6. The third-order valence-electron chi connectivity index (χ3n) is 3.27. The van der Waals surface area contributed by atoms with Crippen molar-refractivity contribution in [1.82, 2.24) is 10.2 Å². The lowest BCUT2D eigenvalue weighted by Gasteiger charge is -2.31. The monoisotopic (exact) mass is 276 g/mol. The highest BCUT2D eigenvalue weighted by atomic mass is 16.2. The number of carbonyl (C=O) groups is 2. The van der Waals surface area contributed by atoms with E-state index in [-0.39, 0.29) is 5.91 Å². The van der Waals surface area contributed by atoms with Gasteiger partial charge < -0.3 is 16.4 Å². The number of hydrogen-bond acceptors (Lipinski definition) is 4. The summed E-state index contributed by atoms with van der Waals surface area (Å²) < 4.78 is 0. The molecule has 0 spiro atoms. The van der Waals surface area contributed by atoms with Crippen LogP contribution in [0.3, 0.4) is 0 Å². The summed E-state index contributed by atoms with van der Waals surface area (Å²) in [5.41, 5.74) is 6.26. The van der Waals surface area contributed by atoms with E-state index in [0.29, 0.717) is 23.8 Å². The van der Waals surface area contributed by atoms with Gasteiger partial charge >= 0.3 is 0 Å². The van der Waals surface area contributed by atoms with Crippen LogP contribution in [0.4, 0.5) is 5.69 Å².